The molecule has 0 amide bonds. The monoisotopic (exact) mass is 192 g/mol. The predicted octanol–water partition coefficient (Wildman–Crippen LogP) is 2.34. The van der Waals surface area contributed by atoms with Crippen molar-refractivity contribution in [2.75, 3.05) is 13.7 Å². The quantitative estimate of drug-likeness (QED) is 0.683. The first kappa shape index (κ1) is 9.69. The Morgan fingerprint density at radius 1 is 1.43 bits per heavy atom. The lowest BCUT2D eigenvalue weighted by molar-refractivity contribution is -0.0111. The highest BCUT2D eigenvalue weighted by atomic mass is 16.6. The molecule has 1 aromatic carbocycles. The molecule has 0 saturated carbocycles. The zero-order chi connectivity index (χ0) is 10.0. The molecular formula is C12H16O2. The van der Waals surface area contributed by atoms with Gasteiger partial charge in [0, 0.05) is 13.5 Å². The molecule has 2 nitrogen and oxygen atoms in total. The van der Waals surface area contributed by atoms with Gasteiger partial charge >= 0.3 is 0 Å². The van der Waals surface area contributed by atoms with E-state index in [2.05, 4.69) is 19.1 Å². The van der Waals surface area contributed by atoms with Crippen LogP contribution in [0.1, 0.15) is 18.9 Å². The highest BCUT2D eigenvalue weighted by molar-refractivity contribution is 5.22. The first-order chi connectivity index (χ1) is 6.74. The van der Waals surface area contributed by atoms with Crippen molar-refractivity contribution in [3.05, 3.63) is 35.9 Å². The van der Waals surface area contributed by atoms with Gasteiger partial charge in [-0.1, -0.05) is 30.3 Å². The second kappa shape index (κ2) is 3.71. The maximum atomic E-state index is 5.59. The Labute approximate surface area is 84.8 Å². The summed E-state index contributed by atoms with van der Waals surface area (Å²) < 4.78 is 10.8. The highest BCUT2D eigenvalue weighted by Crippen LogP contribution is 2.33. The van der Waals surface area contributed by atoms with Crippen LogP contribution in [0.15, 0.2) is 30.3 Å². The number of hydrogen-bond acceptors (Lipinski definition) is 2. The Bertz CT molecular complexity index is 292. The van der Waals surface area contributed by atoms with E-state index in [9.17, 15) is 0 Å². The van der Waals surface area contributed by atoms with Gasteiger partial charge in [0.05, 0.1) is 18.3 Å². The van der Waals surface area contributed by atoms with Gasteiger partial charge in [0.1, 0.15) is 0 Å². The lowest BCUT2D eigenvalue weighted by Gasteiger charge is -2.28. The number of hydrogen-bond donors (Lipinski definition) is 0. The molecule has 0 spiro atoms. The van der Waals surface area contributed by atoms with E-state index >= 15 is 0 Å². The van der Waals surface area contributed by atoms with Gasteiger partial charge < -0.3 is 9.47 Å². The molecule has 2 rings (SSSR count). The van der Waals surface area contributed by atoms with Crippen LogP contribution in [0.25, 0.3) is 0 Å². The fourth-order valence-corrected chi connectivity index (χ4v) is 1.73. The summed E-state index contributed by atoms with van der Waals surface area (Å²) in [6, 6.07) is 10.3. The van der Waals surface area contributed by atoms with Crippen molar-refractivity contribution in [3.63, 3.8) is 0 Å². The molecule has 0 aliphatic carbocycles. The summed E-state index contributed by atoms with van der Waals surface area (Å²) in [6.45, 7) is 3.00. The van der Waals surface area contributed by atoms with E-state index in [-0.39, 0.29) is 5.60 Å². The normalized spacial score (nSPS) is 24.3. The summed E-state index contributed by atoms with van der Waals surface area (Å²) in [5.74, 6) is 0. The first-order valence-corrected chi connectivity index (χ1v) is 4.97. The third-order valence-corrected chi connectivity index (χ3v) is 2.85. The van der Waals surface area contributed by atoms with Gasteiger partial charge in [-0.3, -0.25) is 0 Å². The van der Waals surface area contributed by atoms with Crippen molar-refractivity contribution in [1.82, 2.24) is 0 Å². The standard InChI is InChI=1S/C12H16O2/c1-12(13-2,8-11-9-14-11)10-6-4-3-5-7-10/h3-7,11H,8-9H2,1-2H3. The summed E-state index contributed by atoms with van der Waals surface area (Å²) >= 11 is 0. The van der Waals surface area contributed by atoms with Crippen LogP contribution in [0.3, 0.4) is 0 Å². The Hall–Kier alpha value is -0.860. The largest absolute Gasteiger partial charge is 0.374 e. The van der Waals surface area contributed by atoms with E-state index in [0.717, 1.165) is 13.0 Å². The van der Waals surface area contributed by atoms with Gasteiger partial charge in [-0.25, -0.2) is 0 Å². The van der Waals surface area contributed by atoms with Crippen molar-refractivity contribution in [1.29, 1.82) is 0 Å². The molecule has 1 aromatic rings. The average Bonchev–Trinajstić information content (AvgIpc) is 3.03. The summed E-state index contributed by atoms with van der Waals surface area (Å²) in [4.78, 5) is 0. The van der Waals surface area contributed by atoms with Crippen LogP contribution in [0.2, 0.25) is 0 Å². The number of benzene rings is 1. The molecule has 1 aliphatic heterocycles. The number of epoxide rings is 1. The minimum absolute atomic E-state index is 0.206. The van der Waals surface area contributed by atoms with E-state index < -0.39 is 0 Å². The van der Waals surface area contributed by atoms with Crippen LogP contribution in [0, 0.1) is 0 Å². The Balaban J connectivity index is 2.17. The van der Waals surface area contributed by atoms with Crippen molar-refractivity contribution in [2.24, 2.45) is 0 Å². The number of methoxy groups -OCH3 is 1. The smallest absolute Gasteiger partial charge is 0.0925 e. The van der Waals surface area contributed by atoms with E-state index in [1.54, 1.807) is 7.11 Å². The van der Waals surface area contributed by atoms with E-state index in [1.165, 1.54) is 5.56 Å². The highest BCUT2D eigenvalue weighted by Gasteiger charge is 2.35. The lowest BCUT2D eigenvalue weighted by Crippen LogP contribution is -2.26. The SMILES string of the molecule is COC(C)(CC1CO1)c1ccccc1. The number of ether oxygens (including phenoxy) is 2. The molecule has 76 valence electrons. The van der Waals surface area contributed by atoms with Gasteiger partial charge in [-0.05, 0) is 12.5 Å². The van der Waals surface area contributed by atoms with Crippen LogP contribution >= 0.6 is 0 Å². The molecule has 1 saturated heterocycles. The maximum Gasteiger partial charge on any atom is 0.0925 e. The van der Waals surface area contributed by atoms with E-state index in [1.807, 2.05) is 18.2 Å². The lowest BCUT2D eigenvalue weighted by atomic mass is 9.91. The Kier molecular flexibility index (Phi) is 2.57. The summed E-state index contributed by atoms with van der Waals surface area (Å²) in [5.41, 5.74) is 1.01. The molecule has 0 aromatic heterocycles. The van der Waals surface area contributed by atoms with Crippen LogP contribution in [0.4, 0.5) is 0 Å². The van der Waals surface area contributed by atoms with Crippen molar-refractivity contribution < 1.29 is 9.47 Å². The van der Waals surface area contributed by atoms with Crippen LogP contribution in [0.5, 0.6) is 0 Å². The molecule has 1 heterocycles. The first-order valence-electron chi connectivity index (χ1n) is 4.97. The van der Waals surface area contributed by atoms with Crippen molar-refractivity contribution in [2.45, 2.75) is 25.0 Å². The molecule has 2 atom stereocenters. The molecule has 2 heteroatoms. The predicted molar refractivity (Wildman–Crippen MR) is 55.2 cm³/mol. The fourth-order valence-electron chi connectivity index (χ4n) is 1.73. The molecule has 0 radical (unpaired) electrons. The molecule has 1 fully saturated rings. The van der Waals surface area contributed by atoms with E-state index in [4.69, 9.17) is 9.47 Å². The summed E-state index contributed by atoms with van der Waals surface area (Å²) in [5, 5.41) is 0. The van der Waals surface area contributed by atoms with Gasteiger partial charge in [-0.2, -0.15) is 0 Å². The zero-order valence-electron chi connectivity index (χ0n) is 8.69. The second-order valence-corrected chi connectivity index (χ2v) is 3.96. The second-order valence-electron chi connectivity index (χ2n) is 3.96. The Morgan fingerprint density at radius 3 is 2.57 bits per heavy atom. The van der Waals surface area contributed by atoms with Gasteiger partial charge in [0.2, 0.25) is 0 Å². The number of rotatable bonds is 4. The molecular weight excluding hydrogens is 176 g/mol. The van der Waals surface area contributed by atoms with Gasteiger partial charge in [0.25, 0.3) is 0 Å². The summed E-state index contributed by atoms with van der Waals surface area (Å²) in [7, 11) is 1.76. The van der Waals surface area contributed by atoms with Crippen LogP contribution < -0.4 is 0 Å². The zero-order valence-corrected chi connectivity index (χ0v) is 8.69. The maximum absolute atomic E-state index is 5.59. The van der Waals surface area contributed by atoms with Crippen LogP contribution in [-0.2, 0) is 15.1 Å². The fraction of sp³-hybridized carbons (Fsp3) is 0.500. The average molecular weight is 192 g/mol. The molecule has 0 N–H and O–H groups in total. The Morgan fingerprint density at radius 2 is 2.07 bits per heavy atom. The molecule has 1 aliphatic rings. The third-order valence-electron chi connectivity index (χ3n) is 2.85. The van der Waals surface area contributed by atoms with Crippen LogP contribution in [-0.4, -0.2) is 19.8 Å². The van der Waals surface area contributed by atoms with Gasteiger partial charge in [-0.15, -0.1) is 0 Å². The molecule has 0 bridgehead atoms. The third kappa shape index (κ3) is 1.97. The van der Waals surface area contributed by atoms with Crippen molar-refractivity contribution in [3.8, 4) is 0 Å². The van der Waals surface area contributed by atoms with E-state index in [0.29, 0.717) is 6.10 Å². The minimum Gasteiger partial charge on any atom is -0.374 e. The topological polar surface area (TPSA) is 21.8 Å². The van der Waals surface area contributed by atoms with Gasteiger partial charge in [0.15, 0.2) is 0 Å². The van der Waals surface area contributed by atoms with Crippen molar-refractivity contribution >= 4 is 0 Å². The minimum atomic E-state index is -0.206. The molecule has 2 unspecified atom stereocenters. The molecule has 14 heavy (non-hydrogen) atoms. The summed E-state index contributed by atoms with van der Waals surface area (Å²) in [6.07, 6.45) is 1.33.